The summed E-state index contributed by atoms with van der Waals surface area (Å²) in [5, 5.41) is 7.66. The molecule has 3 rings (SSSR count). The predicted molar refractivity (Wildman–Crippen MR) is 116 cm³/mol. The molecule has 3 heterocycles. The minimum atomic E-state index is 0.535. The number of aliphatic imine (C=N–C) groups is 1. The number of halogens is 2. The van der Waals surface area contributed by atoms with Crippen LogP contribution in [0.5, 0.6) is 0 Å². The smallest absolute Gasteiger partial charge is 0.191 e. The van der Waals surface area contributed by atoms with E-state index < -0.39 is 0 Å². The van der Waals surface area contributed by atoms with Gasteiger partial charge in [0.25, 0.3) is 0 Å². The molecule has 152 valence electrons. The summed E-state index contributed by atoms with van der Waals surface area (Å²) in [6.07, 6.45) is 1.92. The highest BCUT2D eigenvalue weighted by Gasteiger charge is 2.15. The lowest BCUT2D eigenvalue weighted by atomic mass is 10.2. The molecule has 0 radical (unpaired) electrons. The quantitative estimate of drug-likeness (QED) is 0.570. The van der Waals surface area contributed by atoms with Crippen molar-refractivity contribution in [3.05, 3.63) is 45.8 Å². The van der Waals surface area contributed by atoms with E-state index in [0.29, 0.717) is 29.2 Å². The minimum absolute atomic E-state index is 0.535. The Labute approximate surface area is 176 Å². The van der Waals surface area contributed by atoms with Gasteiger partial charge in [0.2, 0.25) is 0 Å². The fourth-order valence-electron chi connectivity index (χ4n) is 3.08. The van der Waals surface area contributed by atoms with Gasteiger partial charge in [0.1, 0.15) is 11.0 Å². The third-order valence-electron chi connectivity index (χ3n) is 4.97. The van der Waals surface area contributed by atoms with Gasteiger partial charge in [-0.2, -0.15) is 0 Å². The zero-order valence-corrected chi connectivity index (χ0v) is 18.1. The summed E-state index contributed by atoms with van der Waals surface area (Å²) in [4.78, 5) is 13.5. The highest BCUT2D eigenvalue weighted by Crippen LogP contribution is 2.24. The van der Waals surface area contributed by atoms with Gasteiger partial charge in [0, 0.05) is 58.7 Å². The molecule has 0 atom stereocenters. The van der Waals surface area contributed by atoms with Crippen LogP contribution in [0.15, 0.2) is 29.4 Å². The van der Waals surface area contributed by atoms with Crippen molar-refractivity contribution in [2.45, 2.75) is 13.1 Å². The van der Waals surface area contributed by atoms with Crippen LogP contribution in [0.4, 0.5) is 5.82 Å². The highest BCUT2D eigenvalue weighted by atomic mass is 35.5. The Morgan fingerprint density at radius 2 is 1.82 bits per heavy atom. The molecule has 2 aromatic rings. The maximum atomic E-state index is 6.11. The molecule has 7 nitrogen and oxygen atoms in total. The molecule has 0 bridgehead atoms. The molecule has 0 amide bonds. The zero-order valence-electron chi connectivity index (χ0n) is 16.5. The van der Waals surface area contributed by atoms with E-state index in [9.17, 15) is 0 Å². The molecule has 0 aliphatic carbocycles. The average Bonchev–Trinajstić information content (AvgIpc) is 2.96. The maximum Gasteiger partial charge on any atom is 0.191 e. The van der Waals surface area contributed by atoms with E-state index in [1.807, 2.05) is 23.9 Å². The molecule has 1 saturated heterocycles. The Bertz CT molecular complexity index is 808. The van der Waals surface area contributed by atoms with Crippen LogP contribution in [0.1, 0.15) is 11.3 Å². The van der Waals surface area contributed by atoms with E-state index in [4.69, 9.17) is 23.2 Å². The fraction of sp³-hybridized carbons (Fsp3) is 0.474. The number of rotatable bonds is 5. The molecule has 0 unspecified atom stereocenters. The second kappa shape index (κ2) is 9.49. The van der Waals surface area contributed by atoms with E-state index in [1.165, 1.54) is 0 Å². The number of hydrogen-bond donors (Lipinski definition) is 2. The Kier molecular flexibility index (Phi) is 7.04. The molecule has 0 spiro atoms. The third kappa shape index (κ3) is 5.10. The molecule has 1 aliphatic rings. The first-order valence-electron chi connectivity index (χ1n) is 9.30. The van der Waals surface area contributed by atoms with Crippen LogP contribution < -0.4 is 15.5 Å². The number of pyridine rings is 1. The van der Waals surface area contributed by atoms with Gasteiger partial charge in [-0.3, -0.25) is 4.99 Å². The van der Waals surface area contributed by atoms with Gasteiger partial charge >= 0.3 is 0 Å². The Morgan fingerprint density at radius 3 is 2.39 bits per heavy atom. The van der Waals surface area contributed by atoms with Crippen LogP contribution in [0, 0.1) is 0 Å². The SMILES string of the molecule is CN=C(NCc1ccc(N2CCN(C)CC2)nc1)NCc1cc(Cl)c(Cl)n1C. The standard InChI is InChI=1S/C19H27Cl2N7/c1-22-19(25-13-15-10-16(20)18(21)27(15)3)24-12-14-4-5-17(23-11-14)28-8-6-26(2)7-9-28/h4-5,10-11H,6-9,12-13H2,1-3H3,(H2,22,24,25). The number of guanidine groups is 1. The first-order valence-corrected chi connectivity index (χ1v) is 10.1. The monoisotopic (exact) mass is 423 g/mol. The topological polar surface area (TPSA) is 60.7 Å². The van der Waals surface area contributed by atoms with Crippen molar-refractivity contribution in [2.24, 2.45) is 12.0 Å². The van der Waals surface area contributed by atoms with Crippen molar-refractivity contribution < 1.29 is 0 Å². The van der Waals surface area contributed by atoms with E-state index in [1.54, 1.807) is 7.05 Å². The highest BCUT2D eigenvalue weighted by molar-refractivity contribution is 6.41. The summed E-state index contributed by atoms with van der Waals surface area (Å²) in [5.74, 6) is 1.74. The molecule has 1 aliphatic heterocycles. The summed E-state index contributed by atoms with van der Waals surface area (Å²) in [5.41, 5.74) is 2.09. The number of nitrogens with one attached hydrogen (secondary N) is 2. The zero-order chi connectivity index (χ0) is 20.1. The van der Waals surface area contributed by atoms with Crippen LogP contribution in [0.2, 0.25) is 10.2 Å². The van der Waals surface area contributed by atoms with Gasteiger partial charge in [-0.1, -0.05) is 29.3 Å². The summed E-state index contributed by atoms with van der Waals surface area (Å²) in [6, 6.07) is 6.05. The molecule has 2 aromatic heterocycles. The van der Waals surface area contributed by atoms with Gasteiger partial charge in [-0.15, -0.1) is 0 Å². The normalized spacial score (nSPS) is 15.8. The van der Waals surface area contributed by atoms with Crippen molar-refractivity contribution in [1.29, 1.82) is 0 Å². The summed E-state index contributed by atoms with van der Waals surface area (Å²) in [6.45, 7) is 5.40. The molecule has 0 aromatic carbocycles. The Morgan fingerprint density at radius 1 is 1.11 bits per heavy atom. The first-order chi connectivity index (χ1) is 13.5. The molecular weight excluding hydrogens is 397 g/mol. The Hall–Kier alpha value is -1.96. The summed E-state index contributed by atoms with van der Waals surface area (Å²) < 4.78 is 1.85. The molecule has 1 fully saturated rings. The van der Waals surface area contributed by atoms with Gasteiger partial charge < -0.3 is 25.0 Å². The fourth-order valence-corrected chi connectivity index (χ4v) is 3.50. The lowest BCUT2D eigenvalue weighted by Crippen LogP contribution is -2.44. The largest absolute Gasteiger partial charge is 0.354 e. The number of piperazine rings is 1. The predicted octanol–water partition coefficient (Wildman–Crippen LogP) is 2.34. The molecule has 9 heteroatoms. The molecular formula is C19H27Cl2N7. The second-order valence-corrected chi connectivity index (χ2v) is 7.69. The van der Waals surface area contributed by atoms with Crippen LogP contribution >= 0.6 is 23.2 Å². The van der Waals surface area contributed by atoms with E-state index in [0.717, 1.165) is 43.3 Å². The molecule has 2 N–H and O–H groups in total. The Balaban J connectivity index is 1.50. The third-order valence-corrected chi connectivity index (χ3v) is 5.81. The van der Waals surface area contributed by atoms with Crippen molar-refractivity contribution >= 4 is 35.0 Å². The van der Waals surface area contributed by atoms with Crippen LogP contribution in [-0.4, -0.2) is 60.7 Å². The number of hydrogen-bond acceptors (Lipinski definition) is 4. The number of anilines is 1. The maximum absolute atomic E-state index is 6.11. The van der Waals surface area contributed by atoms with Crippen LogP contribution in [0.25, 0.3) is 0 Å². The number of aromatic nitrogens is 2. The van der Waals surface area contributed by atoms with Crippen LogP contribution in [0.3, 0.4) is 0 Å². The second-order valence-electron chi connectivity index (χ2n) is 6.93. The average molecular weight is 424 g/mol. The minimum Gasteiger partial charge on any atom is -0.354 e. The van der Waals surface area contributed by atoms with E-state index in [2.05, 4.69) is 49.6 Å². The summed E-state index contributed by atoms with van der Waals surface area (Å²) in [7, 11) is 5.78. The van der Waals surface area contributed by atoms with E-state index >= 15 is 0 Å². The number of nitrogens with zero attached hydrogens (tertiary/aromatic N) is 5. The lowest BCUT2D eigenvalue weighted by molar-refractivity contribution is 0.312. The van der Waals surface area contributed by atoms with Crippen molar-refractivity contribution in [1.82, 2.24) is 25.1 Å². The van der Waals surface area contributed by atoms with Gasteiger partial charge in [-0.25, -0.2) is 4.98 Å². The van der Waals surface area contributed by atoms with Crippen molar-refractivity contribution in [3.63, 3.8) is 0 Å². The summed E-state index contributed by atoms with van der Waals surface area (Å²) >= 11 is 12.2. The van der Waals surface area contributed by atoms with Gasteiger partial charge in [-0.05, 0) is 24.7 Å². The van der Waals surface area contributed by atoms with Crippen LogP contribution in [-0.2, 0) is 20.1 Å². The van der Waals surface area contributed by atoms with E-state index in [-0.39, 0.29) is 0 Å². The van der Waals surface area contributed by atoms with Crippen molar-refractivity contribution in [3.8, 4) is 0 Å². The molecule has 28 heavy (non-hydrogen) atoms. The van der Waals surface area contributed by atoms with Gasteiger partial charge in [0.05, 0.1) is 11.6 Å². The lowest BCUT2D eigenvalue weighted by Gasteiger charge is -2.33. The van der Waals surface area contributed by atoms with Crippen molar-refractivity contribution in [2.75, 3.05) is 45.2 Å². The first kappa shape index (κ1) is 20.8. The number of likely N-dealkylation sites (N-methyl/N-ethyl adjacent to an activating group) is 1. The van der Waals surface area contributed by atoms with Gasteiger partial charge in [0.15, 0.2) is 5.96 Å². The molecule has 0 saturated carbocycles.